The summed E-state index contributed by atoms with van der Waals surface area (Å²) < 4.78 is 0. The Morgan fingerprint density at radius 1 is 1.20 bits per heavy atom. The molecule has 0 atom stereocenters. The number of rotatable bonds is 9. The monoisotopic (exact) mass is 296 g/mol. The first kappa shape index (κ1) is 17.0. The third-order valence-electron chi connectivity index (χ3n) is 3.38. The normalized spacial score (nSPS) is 10.6. The van der Waals surface area contributed by atoms with E-state index in [1.807, 2.05) is 13.0 Å². The van der Waals surface area contributed by atoms with Crippen LogP contribution in [-0.4, -0.2) is 10.9 Å². The number of aromatic nitrogens is 1. The van der Waals surface area contributed by atoms with Crippen LogP contribution in [0.15, 0.2) is 12.3 Å². The van der Waals surface area contributed by atoms with E-state index in [9.17, 15) is 4.79 Å². The maximum atomic E-state index is 11.9. The van der Waals surface area contributed by atoms with E-state index >= 15 is 0 Å². The summed E-state index contributed by atoms with van der Waals surface area (Å²) in [6.45, 7) is 4.13. The molecule has 1 heterocycles. The van der Waals surface area contributed by atoms with Crippen LogP contribution in [0.3, 0.4) is 0 Å². The molecule has 20 heavy (non-hydrogen) atoms. The van der Waals surface area contributed by atoms with Crippen LogP contribution in [0.25, 0.3) is 0 Å². The van der Waals surface area contributed by atoms with Gasteiger partial charge in [-0.05, 0) is 25.0 Å². The van der Waals surface area contributed by atoms with Crippen LogP contribution in [0, 0.1) is 6.92 Å². The molecule has 1 aromatic rings. The summed E-state index contributed by atoms with van der Waals surface area (Å²) in [6.07, 6.45) is 10.7. The van der Waals surface area contributed by atoms with Crippen molar-refractivity contribution < 1.29 is 4.79 Å². The number of unbranched alkanes of at least 4 members (excludes halogenated alkanes) is 6. The minimum Gasteiger partial charge on any atom is -0.323 e. The minimum atomic E-state index is 0.0246. The van der Waals surface area contributed by atoms with Crippen molar-refractivity contribution in [1.29, 1.82) is 0 Å². The lowest BCUT2D eigenvalue weighted by Crippen LogP contribution is -2.12. The second-order valence-electron chi connectivity index (χ2n) is 5.21. The largest absolute Gasteiger partial charge is 0.323 e. The maximum Gasteiger partial charge on any atom is 0.224 e. The molecule has 1 N–H and O–H groups in total. The van der Waals surface area contributed by atoms with Gasteiger partial charge in [0.2, 0.25) is 5.91 Å². The number of carbonyl (C=O) groups excluding carboxylic acids is 1. The van der Waals surface area contributed by atoms with Crippen LogP contribution in [0.1, 0.15) is 63.9 Å². The van der Waals surface area contributed by atoms with E-state index in [2.05, 4.69) is 17.2 Å². The van der Waals surface area contributed by atoms with Gasteiger partial charge in [0.1, 0.15) is 0 Å². The van der Waals surface area contributed by atoms with Gasteiger partial charge in [-0.1, -0.05) is 57.0 Å². The van der Waals surface area contributed by atoms with Crippen molar-refractivity contribution in [2.75, 3.05) is 5.32 Å². The standard InChI is InChI=1S/C16H25ClN2O/c1-3-4-5-6-7-8-9-10-14(20)19-15-13(2)11-12-18-16(15)17/h11-12H,3-10H2,1-2H3,(H,19,20). The zero-order valence-electron chi connectivity index (χ0n) is 12.5. The Balaban J connectivity index is 2.21. The molecule has 1 aromatic heterocycles. The number of nitrogens with one attached hydrogen (secondary N) is 1. The van der Waals surface area contributed by atoms with Gasteiger partial charge in [0, 0.05) is 12.6 Å². The summed E-state index contributed by atoms with van der Waals surface area (Å²) >= 11 is 5.98. The summed E-state index contributed by atoms with van der Waals surface area (Å²) in [5, 5.41) is 3.22. The quantitative estimate of drug-likeness (QED) is 0.507. The Hall–Kier alpha value is -1.09. The Kier molecular flexibility index (Phi) is 8.28. The second-order valence-corrected chi connectivity index (χ2v) is 5.57. The molecule has 3 nitrogen and oxygen atoms in total. The molecule has 1 amide bonds. The van der Waals surface area contributed by atoms with Gasteiger partial charge >= 0.3 is 0 Å². The third kappa shape index (κ3) is 6.38. The van der Waals surface area contributed by atoms with E-state index in [-0.39, 0.29) is 5.91 Å². The van der Waals surface area contributed by atoms with Gasteiger partial charge in [0.25, 0.3) is 0 Å². The van der Waals surface area contributed by atoms with Crippen LogP contribution >= 0.6 is 11.6 Å². The molecule has 0 unspecified atom stereocenters. The Morgan fingerprint density at radius 2 is 1.85 bits per heavy atom. The number of hydrogen-bond acceptors (Lipinski definition) is 2. The van der Waals surface area contributed by atoms with Crippen molar-refractivity contribution in [3.63, 3.8) is 0 Å². The van der Waals surface area contributed by atoms with Gasteiger partial charge in [-0.25, -0.2) is 4.98 Å². The summed E-state index contributed by atoms with van der Waals surface area (Å²) in [7, 11) is 0. The average Bonchev–Trinajstić information content (AvgIpc) is 2.42. The lowest BCUT2D eigenvalue weighted by molar-refractivity contribution is -0.116. The summed E-state index contributed by atoms with van der Waals surface area (Å²) in [4.78, 5) is 15.8. The first-order valence-corrected chi connectivity index (χ1v) is 7.94. The Bertz CT molecular complexity index is 401. The number of nitrogens with zero attached hydrogens (tertiary/aromatic N) is 1. The molecule has 0 aliphatic rings. The lowest BCUT2D eigenvalue weighted by atomic mass is 10.1. The van der Waals surface area contributed by atoms with Gasteiger partial charge < -0.3 is 5.32 Å². The van der Waals surface area contributed by atoms with Gasteiger partial charge in [-0.15, -0.1) is 0 Å². The van der Waals surface area contributed by atoms with Gasteiger partial charge in [0.05, 0.1) is 5.69 Å². The highest BCUT2D eigenvalue weighted by Gasteiger charge is 2.08. The van der Waals surface area contributed by atoms with Gasteiger partial charge in [-0.2, -0.15) is 0 Å². The number of amides is 1. The van der Waals surface area contributed by atoms with Crippen LogP contribution in [0.2, 0.25) is 5.15 Å². The van der Waals surface area contributed by atoms with Crippen LogP contribution < -0.4 is 5.32 Å². The van der Waals surface area contributed by atoms with Gasteiger partial charge in [0.15, 0.2) is 5.15 Å². The first-order chi connectivity index (χ1) is 9.65. The van der Waals surface area contributed by atoms with Crippen LogP contribution in [0.4, 0.5) is 5.69 Å². The Morgan fingerprint density at radius 3 is 2.50 bits per heavy atom. The van der Waals surface area contributed by atoms with E-state index in [0.717, 1.165) is 18.4 Å². The highest BCUT2D eigenvalue weighted by Crippen LogP contribution is 2.23. The molecule has 112 valence electrons. The molecule has 4 heteroatoms. The molecular weight excluding hydrogens is 272 g/mol. The number of hydrogen-bond donors (Lipinski definition) is 1. The predicted molar refractivity (Wildman–Crippen MR) is 85.2 cm³/mol. The molecule has 0 saturated heterocycles. The predicted octanol–water partition coefficient (Wildman–Crippen LogP) is 5.12. The van der Waals surface area contributed by atoms with Crippen molar-refractivity contribution in [3.8, 4) is 0 Å². The Labute approximate surface area is 127 Å². The molecule has 0 bridgehead atoms. The highest BCUT2D eigenvalue weighted by atomic mass is 35.5. The smallest absolute Gasteiger partial charge is 0.224 e. The second kappa shape index (κ2) is 9.76. The molecule has 0 aliphatic heterocycles. The molecule has 0 aliphatic carbocycles. The molecular formula is C16H25ClN2O. The fourth-order valence-corrected chi connectivity index (χ4v) is 2.37. The van der Waals surface area contributed by atoms with E-state index in [0.29, 0.717) is 17.3 Å². The molecule has 0 saturated carbocycles. The molecule has 0 fully saturated rings. The van der Waals surface area contributed by atoms with Crippen molar-refractivity contribution in [2.45, 2.75) is 65.2 Å². The molecule has 0 aromatic carbocycles. The van der Waals surface area contributed by atoms with E-state index < -0.39 is 0 Å². The number of aryl methyl sites for hydroxylation is 1. The molecule has 0 spiro atoms. The zero-order chi connectivity index (χ0) is 14.8. The summed E-state index contributed by atoms with van der Waals surface area (Å²) in [5.41, 5.74) is 1.58. The van der Waals surface area contributed by atoms with Crippen LogP contribution in [0.5, 0.6) is 0 Å². The maximum absolute atomic E-state index is 11.9. The molecule has 1 rings (SSSR count). The average molecular weight is 297 g/mol. The van der Waals surface area contributed by atoms with Crippen molar-refractivity contribution in [2.24, 2.45) is 0 Å². The minimum absolute atomic E-state index is 0.0246. The fourth-order valence-electron chi connectivity index (χ4n) is 2.12. The number of anilines is 1. The fraction of sp³-hybridized carbons (Fsp3) is 0.625. The first-order valence-electron chi connectivity index (χ1n) is 7.56. The summed E-state index contributed by atoms with van der Waals surface area (Å²) in [5.74, 6) is 0.0246. The van der Waals surface area contributed by atoms with E-state index in [1.54, 1.807) is 6.20 Å². The van der Waals surface area contributed by atoms with Gasteiger partial charge in [-0.3, -0.25) is 4.79 Å². The van der Waals surface area contributed by atoms with E-state index in [4.69, 9.17) is 11.6 Å². The third-order valence-corrected chi connectivity index (χ3v) is 3.67. The number of pyridine rings is 1. The van der Waals surface area contributed by atoms with Crippen molar-refractivity contribution >= 4 is 23.2 Å². The topological polar surface area (TPSA) is 42.0 Å². The van der Waals surface area contributed by atoms with Crippen molar-refractivity contribution in [1.82, 2.24) is 4.98 Å². The zero-order valence-corrected chi connectivity index (χ0v) is 13.3. The SMILES string of the molecule is CCCCCCCCCC(=O)Nc1c(C)ccnc1Cl. The lowest BCUT2D eigenvalue weighted by Gasteiger charge is -2.09. The van der Waals surface area contributed by atoms with E-state index in [1.165, 1.54) is 32.1 Å². The van der Waals surface area contributed by atoms with Crippen LogP contribution in [-0.2, 0) is 4.79 Å². The number of carbonyl (C=O) groups is 1. The number of halogens is 1. The summed E-state index contributed by atoms with van der Waals surface area (Å²) in [6, 6.07) is 1.84. The molecule has 0 radical (unpaired) electrons. The van der Waals surface area contributed by atoms with Crippen molar-refractivity contribution in [3.05, 3.63) is 23.0 Å². The highest BCUT2D eigenvalue weighted by molar-refractivity contribution is 6.32.